The second-order valence-corrected chi connectivity index (χ2v) is 4.91. The lowest BCUT2D eigenvalue weighted by Gasteiger charge is -2.20. The van der Waals surface area contributed by atoms with Gasteiger partial charge in [0.25, 0.3) is 0 Å². The Balaban J connectivity index is 2.56. The smallest absolute Gasteiger partial charge is 0.326 e. The van der Waals surface area contributed by atoms with Crippen LogP contribution in [0.1, 0.15) is 11.3 Å². The first-order valence-corrected chi connectivity index (χ1v) is 6.26. The number of hydrogen-bond acceptors (Lipinski definition) is 4. The van der Waals surface area contributed by atoms with Crippen LogP contribution in [0.15, 0.2) is 17.5 Å². The molecule has 0 saturated carbocycles. The minimum absolute atomic E-state index is 0.336. The molecule has 1 aromatic heterocycles. The summed E-state index contributed by atoms with van der Waals surface area (Å²) in [5.41, 5.74) is 0. The van der Waals surface area contributed by atoms with Crippen LogP contribution >= 0.6 is 11.3 Å². The quantitative estimate of drug-likeness (QED) is 0.717. The third-order valence-corrected chi connectivity index (χ3v) is 3.16. The largest absolute Gasteiger partial charge is 0.481 e. The molecule has 3 N–H and O–H groups in total. The molecular formula is C11H14N2O5S. The van der Waals surface area contributed by atoms with Crippen molar-refractivity contribution in [3.8, 4) is 0 Å². The van der Waals surface area contributed by atoms with Crippen LogP contribution in [0.5, 0.6) is 0 Å². The standard InChI is InChI=1S/C11H14N2O5S/c1-13(6-7-3-2-4-19-7)11(18)12-8(10(16)17)5-9(14)15/h2-4,8H,5-6H2,1H3,(H,12,18)(H,14,15)(H,16,17)/t8-/m0/s1. The van der Waals surface area contributed by atoms with Gasteiger partial charge in [0.2, 0.25) is 0 Å². The number of carbonyl (C=O) groups is 3. The van der Waals surface area contributed by atoms with Crippen molar-refractivity contribution in [2.75, 3.05) is 7.05 Å². The molecule has 0 fully saturated rings. The summed E-state index contributed by atoms with van der Waals surface area (Å²) in [7, 11) is 1.51. The van der Waals surface area contributed by atoms with Crippen molar-refractivity contribution in [3.63, 3.8) is 0 Å². The van der Waals surface area contributed by atoms with Gasteiger partial charge < -0.3 is 20.4 Å². The molecular weight excluding hydrogens is 272 g/mol. The molecule has 104 valence electrons. The summed E-state index contributed by atoms with van der Waals surface area (Å²) in [6.07, 6.45) is -0.659. The van der Waals surface area contributed by atoms with Crippen LogP contribution in [0.2, 0.25) is 0 Å². The second-order valence-electron chi connectivity index (χ2n) is 3.87. The Morgan fingerprint density at radius 2 is 2.11 bits per heavy atom. The Labute approximate surface area is 113 Å². The molecule has 0 spiro atoms. The van der Waals surface area contributed by atoms with E-state index in [1.54, 1.807) is 0 Å². The molecule has 0 aliphatic carbocycles. The first kappa shape index (κ1) is 15.0. The highest BCUT2D eigenvalue weighted by atomic mass is 32.1. The molecule has 0 bridgehead atoms. The number of carbonyl (C=O) groups excluding carboxylic acids is 1. The second kappa shape index (κ2) is 6.74. The molecule has 0 aromatic carbocycles. The Morgan fingerprint density at radius 3 is 2.58 bits per heavy atom. The van der Waals surface area contributed by atoms with E-state index in [4.69, 9.17) is 10.2 Å². The predicted molar refractivity (Wildman–Crippen MR) is 68.0 cm³/mol. The summed E-state index contributed by atoms with van der Waals surface area (Å²) in [6.45, 7) is 0.336. The summed E-state index contributed by atoms with van der Waals surface area (Å²) in [4.78, 5) is 35.3. The lowest BCUT2D eigenvalue weighted by Crippen LogP contribution is -2.47. The van der Waals surface area contributed by atoms with Gasteiger partial charge in [0.1, 0.15) is 6.04 Å². The zero-order valence-electron chi connectivity index (χ0n) is 10.2. The number of thiophene rings is 1. The maximum atomic E-state index is 11.7. The minimum atomic E-state index is -1.43. The van der Waals surface area contributed by atoms with Gasteiger partial charge in [-0.2, -0.15) is 0 Å². The average molecular weight is 286 g/mol. The number of hydrogen-bond donors (Lipinski definition) is 3. The van der Waals surface area contributed by atoms with E-state index < -0.39 is 30.4 Å². The molecule has 8 heteroatoms. The van der Waals surface area contributed by atoms with Crippen LogP contribution in [-0.2, 0) is 16.1 Å². The normalized spacial score (nSPS) is 11.6. The number of carboxylic acid groups (broad SMARTS) is 2. The van der Waals surface area contributed by atoms with Gasteiger partial charge in [0.05, 0.1) is 13.0 Å². The number of amides is 2. The zero-order valence-corrected chi connectivity index (χ0v) is 11.0. The van der Waals surface area contributed by atoms with Crippen molar-refractivity contribution in [1.82, 2.24) is 10.2 Å². The molecule has 0 radical (unpaired) electrons. The number of carboxylic acids is 2. The zero-order chi connectivity index (χ0) is 14.4. The third kappa shape index (κ3) is 4.96. The number of nitrogens with one attached hydrogen (secondary N) is 1. The highest BCUT2D eigenvalue weighted by Crippen LogP contribution is 2.10. The van der Waals surface area contributed by atoms with Gasteiger partial charge in [0.15, 0.2) is 0 Å². The van der Waals surface area contributed by atoms with Crippen LogP contribution < -0.4 is 5.32 Å². The van der Waals surface area contributed by atoms with Crippen LogP contribution in [0.4, 0.5) is 4.79 Å². The molecule has 1 atom stereocenters. The van der Waals surface area contributed by atoms with Crippen molar-refractivity contribution in [2.24, 2.45) is 0 Å². The van der Waals surface area contributed by atoms with Crippen molar-refractivity contribution in [2.45, 2.75) is 19.0 Å². The topological polar surface area (TPSA) is 107 Å². The highest BCUT2D eigenvalue weighted by Gasteiger charge is 2.24. The van der Waals surface area contributed by atoms with Crippen molar-refractivity contribution in [3.05, 3.63) is 22.4 Å². The van der Waals surface area contributed by atoms with Gasteiger partial charge in [0, 0.05) is 11.9 Å². The Hall–Kier alpha value is -2.09. The fourth-order valence-corrected chi connectivity index (χ4v) is 2.10. The maximum Gasteiger partial charge on any atom is 0.326 e. The van der Waals surface area contributed by atoms with Gasteiger partial charge in [-0.05, 0) is 11.4 Å². The number of rotatable bonds is 6. The van der Waals surface area contributed by atoms with Crippen LogP contribution in [0, 0.1) is 0 Å². The Kier molecular flexibility index (Phi) is 5.31. The van der Waals surface area contributed by atoms with E-state index in [9.17, 15) is 14.4 Å². The monoisotopic (exact) mass is 286 g/mol. The van der Waals surface area contributed by atoms with Gasteiger partial charge in [-0.1, -0.05) is 6.07 Å². The summed E-state index contributed by atoms with van der Waals surface area (Å²) >= 11 is 1.47. The van der Waals surface area contributed by atoms with E-state index in [1.165, 1.54) is 23.3 Å². The minimum Gasteiger partial charge on any atom is -0.481 e. The van der Waals surface area contributed by atoms with Crippen molar-refractivity contribution in [1.29, 1.82) is 0 Å². The molecule has 1 rings (SSSR count). The molecule has 2 amide bonds. The molecule has 0 unspecified atom stereocenters. The maximum absolute atomic E-state index is 11.7. The van der Waals surface area contributed by atoms with E-state index >= 15 is 0 Å². The van der Waals surface area contributed by atoms with Gasteiger partial charge in [-0.3, -0.25) is 4.79 Å². The molecule has 7 nitrogen and oxygen atoms in total. The van der Waals surface area contributed by atoms with Gasteiger partial charge >= 0.3 is 18.0 Å². The fourth-order valence-electron chi connectivity index (χ4n) is 1.34. The van der Waals surface area contributed by atoms with E-state index in [1.807, 2.05) is 17.5 Å². The first-order valence-electron chi connectivity index (χ1n) is 5.38. The predicted octanol–water partition coefficient (Wildman–Crippen LogP) is 0.817. The number of nitrogens with zero attached hydrogens (tertiary/aromatic N) is 1. The van der Waals surface area contributed by atoms with Gasteiger partial charge in [-0.25, -0.2) is 9.59 Å². The van der Waals surface area contributed by atoms with Crippen LogP contribution in [0.25, 0.3) is 0 Å². The van der Waals surface area contributed by atoms with Crippen LogP contribution in [-0.4, -0.2) is 46.2 Å². The van der Waals surface area contributed by atoms with E-state index in [2.05, 4.69) is 5.32 Å². The fraction of sp³-hybridized carbons (Fsp3) is 0.364. The van der Waals surface area contributed by atoms with Crippen molar-refractivity contribution >= 4 is 29.3 Å². The molecule has 1 heterocycles. The Morgan fingerprint density at radius 1 is 1.42 bits per heavy atom. The molecule has 0 aliphatic rings. The average Bonchev–Trinajstić information content (AvgIpc) is 2.79. The van der Waals surface area contributed by atoms with Crippen LogP contribution in [0.3, 0.4) is 0 Å². The molecule has 0 saturated heterocycles. The van der Waals surface area contributed by atoms with Gasteiger partial charge in [-0.15, -0.1) is 11.3 Å². The highest BCUT2D eigenvalue weighted by molar-refractivity contribution is 7.09. The lowest BCUT2D eigenvalue weighted by atomic mass is 10.2. The molecule has 0 aliphatic heterocycles. The summed E-state index contributed by atoms with van der Waals surface area (Å²) in [6, 6.07) is 1.63. The Bertz CT molecular complexity index is 460. The summed E-state index contributed by atoms with van der Waals surface area (Å²) in [5, 5.41) is 21.4. The van der Waals surface area contributed by atoms with E-state index in [0.29, 0.717) is 6.54 Å². The summed E-state index contributed by atoms with van der Waals surface area (Å²) in [5.74, 6) is -2.66. The first-order chi connectivity index (χ1) is 8.90. The number of aliphatic carboxylic acids is 2. The number of urea groups is 1. The SMILES string of the molecule is CN(Cc1cccs1)C(=O)N[C@@H](CC(=O)O)C(=O)O. The molecule has 1 aromatic rings. The van der Waals surface area contributed by atoms with Crippen molar-refractivity contribution < 1.29 is 24.6 Å². The van der Waals surface area contributed by atoms with E-state index in [-0.39, 0.29) is 0 Å². The summed E-state index contributed by atoms with van der Waals surface area (Å²) < 4.78 is 0. The lowest BCUT2D eigenvalue weighted by molar-refractivity contribution is -0.145. The third-order valence-electron chi connectivity index (χ3n) is 2.29. The van der Waals surface area contributed by atoms with E-state index in [0.717, 1.165) is 4.88 Å². The molecule has 19 heavy (non-hydrogen) atoms.